The number of unbranched alkanes of at least 4 members (excludes halogenated alkanes) is 4. The Morgan fingerprint density at radius 2 is 1.83 bits per heavy atom. The fourth-order valence-corrected chi connectivity index (χ4v) is 2.90. The predicted octanol–water partition coefficient (Wildman–Crippen LogP) is 2.01. The van der Waals surface area contributed by atoms with E-state index >= 15 is 0 Å². The Kier molecular flexibility index (Phi) is 10.2. The molecule has 0 unspecified atom stereocenters. The van der Waals surface area contributed by atoms with E-state index in [-0.39, 0.29) is 12.5 Å². The molecule has 1 heterocycles. The van der Waals surface area contributed by atoms with Crippen molar-refractivity contribution in [2.75, 3.05) is 0 Å². The first kappa shape index (κ1) is 21.1. The predicted molar refractivity (Wildman–Crippen MR) is 90.7 cm³/mol. The number of aliphatic hydroxyl groups is 3. The van der Waals surface area contributed by atoms with E-state index in [1.807, 2.05) is 6.92 Å². The van der Waals surface area contributed by atoms with Crippen molar-refractivity contribution in [3.05, 3.63) is 12.2 Å². The van der Waals surface area contributed by atoms with Gasteiger partial charge in [-0.15, -0.1) is 0 Å². The minimum absolute atomic E-state index is 0.226. The molecule has 24 heavy (non-hydrogen) atoms. The standard InChI is InChI=1S/C18H32O6/c1-2-13(19)10-11-14(20)17-12-15(21)16(24-17)8-6-4-3-5-7-9-18(22)23/h10-11,13-17,19-21H,2-9,12H2,1H3,(H,22,23)/b11-10+/t13-,14-,15+,16-,17+/m0/s1. The molecule has 1 rings (SSSR count). The lowest BCUT2D eigenvalue weighted by molar-refractivity contribution is -0.137. The topological polar surface area (TPSA) is 107 Å². The van der Waals surface area contributed by atoms with E-state index in [0.29, 0.717) is 19.3 Å². The molecular weight excluding hydrogens is 312 g/mol. The van der Waals surface area contributed by atoms with Gasteiger partial charge in [0.25, 0.3) is 0 Å². The maximum Gasteiger partial charge on any atom is 0.303 e. The molecule has 140 valence electrons. The van der Waals surface area contributed by atoms with Gasteiger partial charge in [0, 0.05) is 12.8 Å². The number of ether oxygens (including phenoxy) is 1. The van der Waals surface area contributed by atoms with Gasteiger partial charge in [0.2, 0.25) is 0 Å². The molecule has 0 radical (unpaired) electrons. The Labute approximate surface area is 144 Å². The zero-order chi connectivity index (χ0) is 17.9. The van der Waals surface area contributed by atoms with Gasteiger partial charge in [-0.1, -0.05) is 44.8 Å². The van der Waals surface area contributed by atoms with Gasteiger partial charge in [0.15, 0.2) is 0 Å². The first-order valence-electron chi connectivity index (χ1n) is 9.03. The molecule has 1 saturated heterocycles. The van der Waals surface area contributed by atoms with Crippen LogP contribution in [0, 0.1) is 0 Å². The Hall–Kier alpha value is -0.950. The molecular formula is C18H32O6. The molecule has 0 bridgehead atoms. The molecule has 1 fully saturated rings. The highest BCUT2D eigenvalue weighted by Crippen LogP contribution is 2.27. The van der Waals surface area contributed by atoms with E-state index in [1.165, 1.54) is 6.08 Å². The summed E-state index contributed by atoms with van der Waals surface area (Å²) in [5, 5.41) is 38.1. The number of aliphatic hydroxyl groups excluding tert-OH is 3. The first-order chi connectivity index (χ1) is 11.4. The fraction of sp³-hybridized carbons (Fsp3) is 0.833. The molecule has 0 saturated carbocycles. The summed E-state index contributed by atoms with van der Waals surface area (Å²) in [5.41, 5.74) is 0. The van der Waals surface area contributed by atoms with Gasteiger partial charge < -0.3 is 25.2 Å². The van der Waals surface area contributed by atoms with Crippen molar-refractivity contribution in [3.63, 3.8) is 0 Å². The molecule has 6 heteroatoms. The van der Waals surface area contributed by atoms with Crippen LogP contribution in [-0.2, 0) is 9.53 Å². The van der Waals surface area contributed by atoms with Crippen LogP contribution in [0.5, 0.6) is 0 Å². The minimum Gasteiger partial charge on any atom is -0.481 e. The van der Waals surface area contributed by atoms with E-state index in [4.69, 9.17) is 9.84 Å². The minimum atomic E-state index is -0.818. The molecule has 0 aromatic rings. The van der Waals surface area contributed by atoms with Crippen LogP contribution in [0.25, 0.3) is 0 Å². The number of aliphatic carboxylic acids is 1. The second-order valence-electron chi connectivity index (χ2n) is 6.57. The van der Waals surface area contributed by atoms with Crippen molar-refractivity contribution in [3.8, 4) is 0 Å². The van der Waals surface area contributed by atoms with Gasteiger partial charge in [0.1, 0.15) is 0 Å². The number of carboxylic acid groups (broad SMARTS) is 1. The third-order valence-electron chi connectivity index (χ3n) is 4.46. The third-order valence-corrected chi connectivity index (χ3v) is 4.46. The fourth-order valence-electron chi connectivity index (χ4n) is 2.90. The van der Waals surface area contributed by atoms with E-state index < -0.39 is 30.4 Å². The maximum absolute atomic E-state index is 10.4. The van der Waals surface area contributed by atoms with E-state index in [2.05, 4.69) is 0 Å². The largest absolute Gasteiger partial charge is 0.481 e. The van der Waals surface area contributed by atoms with Crippen molar-refractivity contribution in [1.29, 1.82) is 0 Å². The van der Waals surface area contributed by atoms with E-state index in [1.54, 1.807) is 6.08 Å². The van der Waals surface area contributed by atoms with Crippen LogP contribution in [0.3, 0.4) is 0 Å². The molecule has 1 aliphatic heterocycles. The van der Waals surface area contributed by atoms with Crippen LogP contribution in [0.1, 0.15) is 64.7 Å². The van der Waals surface area contributed by atoms with Crippen molar-refractivity contribution in [2.45, 2.75) is 95.2 Å². The number of carboxylic acids is 1. The molecule has 6 nitrogen and oxygen atoms in total. The van der Waals surface area contributed by atoms with Crippen LogP contribution in [0.2, 0.25) is 0 Å². The molecule has 5 atom stereocenters. The Morgan fingerprint density at radius 1 is 1.17 bits per heavy atom. The number of hydrogen-bond donors (Lipinski definition) is 4. The van der Waals surface area contributed by atoms with Crippen molar-refractivity contribution in [2.24, 2.45) is 0 Å². The molecule has 4 N–H and O–H groups in total. The Bertz CT molecular complexity index is 384. The van der Waals surface area contributed by atoms with Gasteiger partial charge in [-0.3, -0.25) is 4.79 Å². The molecule has 1 aliphatic rings. The van der Waals surface area contributed by atoms with Crippen LogP contribution in [-0.4, -0.2) is 56.9 Å². The first-order valence-corrected chi connectivity index (χ1v) is 9.03. The Balaban J connectivity index is 2.19. The van der Waals surface area contributed by atoms with E-state index in [9.17, 15) is 20.1 Å². The average Bonchev–Trinajstić information content (AvgIpc) is 2.92. The highest BCUT2D eigenvalue weighted by Gasteiger charge is 2.36. The van der Waals surface area contributed by atoms with Gasteiger partial charge in [-0.2, -0.15) is 0 Å². The average molecular weight is 344 g/mol. The summed E-state index contributed by atoms with van der Waals surface area (Å²) < 4.78 is 5.75. The van der Waals surface area contributed by atoms with E-state index in [0.717, 1.165) is 32.1 Å². The summed E-state index contributed by atoms with van der Waals surface area (Å²) in [7, 11) is 0. The lowest BCUT2D eigenvalue weighted by Gasteiger charge is -2.17. The smallest absolute Gasteiger partial charge is 0.303 e. The van der Waals surface area contributed by atoms with Crippen LogP contribution < -0.4 is 0 Å². The molecule has 0 aromatic heterocycles. The second kappa shape index (κ2) is 11.6. The number of hydrogen-bond acceptors (Lipinski definition) is 5. The normalized spacial score (nSPS) is 26.8. The zero-order valence-corrected chi connectivity index (χ0v) is 14.5. The SMILES string of the molecule is CC[C@H](O)/C=C/[C@H](O)[C@H]1C[C@@H](O)[C@H](CCCCCCCC(=O)O)O1. The number of carbonyl (C=O) groups is 1. The van der Waals surface area contributed by atoms with Crippen molar-refractivity contribution >= 4 is 5.97 Å². The molecule has 0 aromatic carbocycles. The third kappa shape index (κ3) is 8.24. The van der Waals surface area contributed by atoms with Gasteiger partial charge in [-0.05, 0) is 19.3 Å². The summed E-state index contributed by atoms with van der Waals surface area (Å²) in [6.45, 7) is 1.86. The summed E-state index contributed by atoms with van der Waals surface area (Å²) in [6.07, 6.45) is 6.93. The van der Waals surface area contributed by atoms with Crippen LogP contribution in [0.15, 0.2) is 12.2 Å². The summed E-state index contributed by atoms with van der Waals surface area (Å²) in [5.74, 6) is -0.748. The summed E-state index contributed by atoms with van der Waals surface area (Å²) >= 11 is 0. The highest BCUT2D eigenvalue weighted by molar-refractivity contribution is 5.66. The number of rotatable bonds is 12. The van der Waals surface area contributed by atoms with Crippen molar-refractivity contribution < 1.29 is 30.0 Å². The maximum atomic E-state index is 10.4. The molecule has 0 spiro atoms. The summed E-state index contributed by atoms with van der Waals surface area (Å²) in [4.78, 5) is 10.4. The second-order valence-corrected chi connectivity index (χ2v) is 6.57. The molecule has 0 aliphatic carbocycles. The summed E-state index contributed by atoms with van der Waals surface area (Å²) in [6, 6.07) is 0. The van der Waals surface area contributed by atoms with Gasteiger partial charge >= 0.3 is 5.97 Å². The van der Waals surface area contributed by atoms with Crippen molar-refractivity contribution in [1.82, 2.24) is 0 Å². The Morgan fingerprint density at radius 3 is 2.50 bits per heavy atom. The highest BCUT2D eigenvalue weighted by atomic mass is 16.5. The van der Waals surface area contributed by atoms with Gasteiger partial charge in [-0.25, -0.2) is 0 Å². The van der Waals surface area contributed by atoms with Crippen LogP contribution in [0.4, 0.5) is 0 Å². The lowest BCUT2D eigenvalue weighted by atomic mass is 10.0. The molecule has 0 amide bonds. The monoisotopic (exact) mass is 344 g/mol. The quantitative estimate of drug-likeness (QED) is 0.319. The van der Waals surface area contributed by atoms with Gasteiger partial charge in [0.05, 0.1) is 30.5 Å². The lowest BCUT2D eigenvalue weighted by Crippen LogP contribution is -2.25. The zero-order valence-electron chi connectivity index (χ0n) is 14.5. The van der Waals surface area contributed by atoms with Crippen LogP contribution >= 0.6 is 0 Å².